The lowest BCUT2D eigenvalue weighted by molar-refractivity contribution is 0.383. The van der Waals surface area contributed by atoms with Crippen LogP contribution in [0.25, 0.3) is 0 Å². The third-order valence-corrected chi connectivity index (χ3v) is 3.46. The zero-order valence-electron chi connectivity index (χ0n) is 11.2. The van der Waals surface area contributed by atoms with E-state index in [-0.39, 0.29) is 0 Å². The molecule has 94 valence electrons. The minimum Gasteiger partial charge on any atom is -0.359 e. The van der Waals surface area contributed by atoms with E-state index >= 15 is 0 Å². The number of hydrogen-bond donors (Lipinski definition) is 0. The van der Waals surface area contributed by atoms with Gasteiger partial charge in [0.15, 0.2) is 0 Å². The Bertz CT molecular complexity index is 499. The molecule has 0 aromatic heterocycles. The summed E-state index contributed by atoms with van der Waals surface area (Å²) < 4.78 is 0. The molecule has 1 aliphatic rings. The van der Waals surface area contributed by atoms with Gasteiger partial charge in [-0.1, -0.05) is 13.3 Å². The van der Waals surface area contributed by atoms with Gasteiger partial charge in [-0.3, -0.25) is 0 Å². The smallest absolute Gasteiger partial charge is 0.102 e. The van der Waals surface area contributed by atoms with Crippen LogP contribution < -0.4 is 4.90 Å². The van der Waals surface area contributed by atoms with Crippen LogP contribution in [0.15, 0.2) is 30.6 Å². The quantitative estimate of drug-likeness (QED) is 0.814. The maximum absolute atomic E-state index is 8.99. The fraction of sp³-hybridized carbons (Fsp3) is 0.400. The van der Waals surface area contributed by atoms with Gasteiger partial charge in [-0.05, 0) is 37.1 Å². The van der Waals surface area contributed by atoms with Crippen molar-refractivity contribution in [2.24, 2.45) is 0 Å². The molecular formula is C15H19N3. The number of aryl methyl sites for hydroxylation is 1. The Kier molecular flexibility index (Phi) is 3.57. The average Bonchev–Trinajstić information content (AvgIpc) is 2.71. The van der Waals surface area contributed by atoms with Crippen molar-refractivity contribution in [3.05, 3.63) is 41.7 Å². The third-order valence-electron chi connectivity index (χ3n) is 3.46. The maximum Gasteiger partial charge on any atom is 0.102 e. The Hall–Kier alpha value is -1.95. The third kappa shape index (κ3) is 2.19. The van der Waals surface area contributed by atoms with Crippen LogP contribution in [0.5, 0.6) is 0 Å². The van der Waals surface area contributed by atoms with Crippen molar-refractivity contribution >= 4 is 5.69 Å². The van der Waals surface area contributed by atoms with E-state index in [0.717, 1.165) is 18.4 Å². The lowest BCUT2D eigenvalue weighted by Gasteiger charge is -2.29. The standard InChI is InChI=1S/C15H19N3/c1-4-5-14-10-13(11-16)6-7-15(14)18-9-8-17(3)12(18)2/h6-10,12H,4-5H2,1-3H3. The van der Waals surface area contributed by atoms with Crippen molar-refractivity contribution in [2.75, 3.05) is 11.9 Å². The lowest BCUT2D eigenvalue weighted by Crippen LogP contribution is -2.33. The number of nitrogens with zero attached hydrogens (tertiary/aromatic N) is 3. The van der Waals surface area contributed by atoms with Gasteiger partial charge in [0.05, 0.1) is 11.6 Å². The first-order valence-corrected chi connectivity index (χ1v) is 6.39. The number of hydrogen-bond acceptors (Lipinski definition) is 3. The Balaban J connectivity index is 2.38. The highest BCUT2D eigenvalue weighted by Crippen LogP contribution is 2.28. The van der Waals surface area contributed by atoms with Crippen molar-refractivity contribution in [1.29, 1.82) is 5.26 Å². The zero-order chi connectivity index (χ0) is 13.1. The topological polar surface area (TPSA) is 30.3 Å². The van der Waals surface area contributed by atoms with Gasteiger partial charge >= 0.3 is 0 Å². The molecule has 1 atom stereocenters. The molecule has 1 aromatic carbocycles. The predicted molar refractivity (Wildman–Crippen MR) is 74.0 cm³/mol. The van der Waals surface area contributed by atoms with Crippen molar-refractivity contribution in [1.82, 2.24) is 4.90 Å². The predicted octanol–water partition coefficient (Wildman–Crippen LogP) is 3.08. The average molecular weight is 241 g/mol. The van der Waals surface area contributed by atoms with Crippen LogP contribution in [-0.2, 0) is 6.42 Å². The van der Waals surface area contributed by atoms with Gasteiger partial charge in [0.1, 0.15) is 6.17 Å². The summed E-state index contributed by atoms with van der Waals surface area (Å²) in [7, 11) is 2.07. The summed E-state index contributed by atoms with van der Waals surface area (Å²) in [6.07, 6.45) is 6.60. The molecule has 3 heteroatoms. The Labute approximate surface area is 109 Å². The summed E-state index contributed by atoms with van der Waals surface area (Å²) >= 11 is 0. The highest BCUT2D eigenvalue weighted by Gasteiger charge is 2.21. The number of rotatable bonds is 3. The highest BCUT2D eigenvalue weighted by molar-refractivity contribution is 5.60. The van der Waals surface area contributed by atoms with Crippen molar-refractivity contribution in [3.8, 4) is 6.07 Å². The SMILES string of the molecule is CCCc1cc(C#N)ccc1N1C=CN(C)C1C. The molecule has 2 rings (SSSR count). The normalized spacial score (nSPS) is 18.2. The summed E-state index contributed by atoms with van der Waals surface area (Å²) in [6, 6.07) is 8.18. The minimum absolute atomic E-state index is 0.327. The van der Waals surface area contributed by atoms with Crippen molar-refractivity contribution in [3.63, 3.8) is 0 Å². The van der Waals surface area contributed by atoms with E-state index in [2.05, 4.69) is 55.2 Å². The highest BCUT2D eigenvalue weighted by atomic mass is 15.4. The molecule has 0 saturated carbocycles. The van der Waals surface area contributed by atoms with Crippen LogP contribution in [0.4, 0.5) is 5.69 Å². The van der Waals surface area contributed by atoms with E-state index in [1.165, 1.54) is 11.3 Å². The second kappa shape index (κ2) is 5.14. The molecule has 1 unspecified atom stereocenters. The molecule has 0 saturated heterocycles. The Morgan fingerprint density at radius 1 is 1.33 bits per heavy atom. The fourth-order valence-corrected chi connectivity index (χ4v) is 2.28. The van der Waals surface area contributed by atoms with Crippen LogP contribution >= 0.6 is 0 Å². The fourth-order valence-electron chi connectivity index (χ4n) is 2.28. The number of anilines is 1. The van der Waals surface area contributed by atoms with E-state index in [4.69, 9.17) is 5.26 Å². The monoisotopic (exact) mass is 241 g/mol. The number of nitriles is 1. The van der Waals surface area contributed by atoms with Crippen LogP contribution in [0, 0.1) is 11.3 Å². The molecule has 1 aliphatic heterocycles. The molecule has 1 heterocycles. The van der Waals surface area contributed by atoms with E-state index in [1.54, 1.807) is 0 Å². The summed E-state index contributed by atoms with van der Waals surface area (Å²) in [4.78, 5) is 4.43. The van der Waals surface area contributed by atoms with Crippen molar-refractivity contribution in [2.45, 2.75) is 32.9 Å². The lowest BCUT2D eigenvalue weighted by atomic mass is 10.0. The number of benzene rings is 1. The van der Waals surface area contributed by atoms with Gasteiger partial charge < -0.3 is 9.80 Å². The van der Waals surface area contributed by atoms with E-state index in [1.807, 2.05) is 12.1 Å². The van der Waals surface area contributed by atoms with Crippen LogP contribution in [0.3, 0.4) is 0 Å². The van der Waals surface area contributed by atoms with Gasteiger partial charge in [-0.15, -0.1) is 0 Å². The maximum atomic E-state index is 8.99. The van der Waals surface area contributed by atoms with E-state index in [9.17, 15) is 0 Å². The molecule has 0 amide bonds. The molecule has 0 N–H and O–H groups in total. The molecule has 0 radical (unpaired) electrons. The van der Waals surface area contributed by atoms with E-state index in [0.29, 0.717) is 6.17 Å². The van der Waals surface area contributed by atoms with Gasteiger partial charge in [0.2, 0.25) is 0 Å². The summed E-state index contributed by atoms with van der Waals surface area (Å²) in [5, 5.41) is 8.99. The molecule has 3 nitrogen and oxygen atoms in total. The molecule has 0 fully saturated rings. The Morgan fingerprint density at radius 3 is 2.67 bits per heavy atom. The van der Waals surface area contributed by atoms with Crippen LogP contribution in [0.1, 0.15) is 31.4 Å². The van der Waals surface area contributed by atoms with Crippen LogP contribution in [0.2, 0.25) is 0 Å². The van der Waals surface area contributed by atoms with E-state index < -0.39 is 0 Å². The Morgan fingerprint density at radius 2 is 2.11 bits per heavy atom. The molecule has 0 aliphatic carbocycles. The molecular weight excluding hydrogens is 222 g/mol. The first-order chi connectivity index (χ1) is 8.67. The van der Waals surface area contributed by atoms with Gasteiger partial charge in [0, 0.05) is 25.1 Å². The van der Waals surface area contributed by atoms with Gasteiger partial charge in [-0.25, -0.2) is 0 Å². The zero-order valence-corrected chi connectivity index (χ0v) is 11.2. The summed E-state index contributed by atoms with van der Waals surface area (Å²) in [5.41, 5.74) is 3.21. The van der Waals surface area contributed by atoms with Gasteiger partial charge in [0.25, 0.3) is 0 Å². The second-order valence-corrected chi connectivity index (χ2v) is 4.71. The second-order valence-electron chi connectivity index (χ2n) is 4.71. The summed E-state index contributed by atoms with van der Waals surface area (Å²) in [5.74, 6) is 0. The summed E-state index contributed by atoms with van der Waals surface area (Å²) in [6.45, 7) is 4.34. The molecule has 0 spiro atoms. The first kappa shape index (κ1) is 12.5. The minimum atomic E-state index is 0.327. The molecule has 0 bridgehead atoms. The van der Waals surface area contributed by atoms with Crippen molar-refractivity contribution < 1.29 is 0 Å². The van der Waals surface area contributed by atoms with Gasteiger partial charge in [-0.2, -0.15) is 5.26 Å². The molecule has 1 aromatic rings. The van der Waals surface area contributed by atoms with Crippen LogP contribution in [-0.4, -0.2) is 18.1 Å². The molecule has 18 heavy (non-hydrogen) atoms. The largest absolute Gasteiger partial charge is 0.359 e. The first-order valence-electron chi connectivity index (χ1n) is 6.39.